The van der Waals surface area contributed by atoms with Crippen molar-refractivity contribution in [1.82, 2.24) is 5.32 Å². The second-order valence-electron chi connectivity index (χ2n) is 5.77. The lowest BCUT2D eigenvalue weighted by molar-refractivity contribution is -0.112. The molecule has 0 radical (unpaired) electrons. The number of nitriles is 1. The standard InChI is InChI=1S/C21H23N3O2/c1-3-26-20-9-7-19(8-10-20)24-21(25)18(14-22)15-23-12-11-17-6-4-5-16(2)13-17/h4-10,13,15,23H,3,11-12H2,1-2H3,(H,24,25)/b18-15-. The maximum atomic E-state index is 12.2. The van der Waals surface area contributed by atoms with Gasteiger partial charge < -0.3 is 15.4 Å². The van der Waals surface area contributed by atoms with Gasteiger partial charge in [0.05, 0.1) is 6.61 Å². The number of amides is 1. The van der Waals surface area contributed by atoms with Gasteiger partial charge in [0.25, 0.3) is 5.91 Å². The van der Waals surface area contributed by atoms with Crippen LogP contribution >= 0.6 is 0 Å². The summed E-state index contributed by atoms with van der Waals surface area (Å²) in [6, 6.07) is 17.2. The average molecular weight is 349 g/mol. The zero-order chi connectivity index (χ0) is 18.8. The van der Waals surface area contributed by atoms with Crippen molar-refractivity contribution in [2.75, 3.05) is 18.5 Å². The Kier molecular flexibility index (Phi) is 7.26. The molecule has 26 heavy (non-hydrogen) atoms. The third-order valence-corrected chi connectivity index (χ3v) is 3.68. The molecule has 134 valence electrons. The van der Waals surface area contributed by atoms with E-state index in [1.165, 1.54) is 17.3 Å². The molecule has 0 aliphatic heterocycles. The van der Waals surface area contributed by atoms with E-state index >= 15 is 0 Å². The van der Waals surface area contributed by atoms with Crippen molar-refractivity contribution >= 4 is 11.6 Å². The second-order valence-corrected chi connectivity index (χ2v) is 5.77. The number of anilines is 1. The highest BCUT2D eigenvalue weighted by Crippen LogP contribution is 2.16. The van der Waals surface area contributed by atoms with Crippen molar-refractivity contribution in [3.8, 4) is 11.8 Å². The van der Waals surface area contributed by atoms with Crippen LogP contribution in [0.2, 0.25) is 0 Å². The number of aryl methyl sites for hydroxylation is 1. The molecule has 2 N–H and O–H groups in total. The molecule has 0 aliphatic carbocycles. The van der Waals surface area contributed by atoms with Gasteiger partial charge in [0.2, 0.25) is 0 Å². The molecule has 0 aliphatic rings. The summed E-state index contributed by atoms with van der Waals surface area (Å²) < 4.78 is 5.36. The Balaban J connectivity index is 1.87. The number of benzene rings is 2. The van der Waals surface area contributed by atoms with E-state index in [0.717, 1.165) is 12.2 Å². The first-order valence-corrected chi connectivity index (χ1v) is 8.55. The number of hydrogen-bond acceptors (Lipinski definition) is 4. The molecule has 0 bridgehead atoms. The number of ether oxygens (including phenoxy) is 1. The van der Waals surface area contributed by atoms with Gasteiger partial charge in [-0.15, -0.1) is 0 Å². The Morgan fingerprint density at radius 3 is 2.65 bits per heavy atom. The summed E-state index contributed by atoms with van der Waals surface area (Å²) in [6.07, 6.45) is 2.27. The minimum atomic E-state index is -0.445. The largest absolute Gasteiger partial charge is 0.494 e. The molecule has 0 aromatic heterocycles. The van der Waals surface area contributed by atoms with Gasteiger partial charge >= 0.3 is 0 Å². The Labute approximate surface area is 154 Å². The molecule has 0 saturated carbocycles. The van der Waals surface area contributed by atoms with Crippen LogP contribution in [-0.2, 0) is 11.2 Å². The summed E-state index contributed by atoms with van der Waals surface area (Å²) in [4.78, 5) is 12.2. The Morgan fingerprint density at radius 1 is 1.23 bits per heavy atom. The van der Waals surface area contributed by atoms with E-state index in [2.05, 4.69) is 35.8 Å². The summed E-state index contributed by atoms with van der Waals surface area (Å²) in [5, 5.41) is 14.9. The molecule has 2 aromatic carbocycles. The highest BCUT2D eigenvalue weighted by Gasteiger charge is 2.09. The maximum absolute atomic E-state index is 12.2. The van der Waals surface area contributed by atoms with E-state index in [-0.39, 0.29) is 5.57 Å². The van der Waals surface area contributed by atoms with Crippen LogP contribution in [0.5, 0.6) is 5.75 Å². The lowest BCUT2D eigenvalue weighted by Gasteiger charge is -2.07. The van der Waals surface area contributed by atoms with E-state index in [4.69, 9.17) is 4.74 Å². The van der Waals surface area contributed by atoms with Crippen LogP contribution in [-0.4, -0.2) is 19.1 Å². The molecule has 0 spiro atoms. The molecule has 5 nitrogen and oxygen atoms in total. The van der Waals surface area contributed by atoms with Gasteiger partial charge in [-0.2, -0.15) is 5.26 Å². The minimum absolute atomic E-state index is 0.0307. The molecule has 0 atom stereocenters. The summed E-state index contributed by atoms with van der Waals surface area (Å²) in [5.41, 5.74) is 3.07. The van der Waals surface area contributed by atoms with Crippen molar-refractivity contribution in [1.29, 1.82) is 5.26 Å². The third-order valence-electron chi connectivity index (χ3n) is 3.68. The van der Waals surface area contributed by atoms with Crippen molar-refractivity contribution in [2.24, 2.45) is 0 Å². The number of hydrogen-bond donors (Lipinski definition) is 2. The Bertz CT molecular complexity index is 805. The SMILES string of the molecule is CCOc1ccc(NC(=O)/C(C#N)=C\NCCc2cccc(C)c2)cc1. The van der Waals surface area contributed by atoms with Crippen LogP contribution in [0.15, 0.2) is 60.3 Å². The zero-order valence-corrected chi connectivity index (χ0v) is 15.1. The number of nitrogens with one attached hydrogen (secondary N) is 2. The monoisotopic (exact) mass is 349 g/mol. The molecule has 2 aromatic rings. The van der Waals surface area contributed by atoms with Gasteiger partial charge in [-0.05, 0) is 50.1 Å². The van der Waals surface area contributed by atoms with E-state index in [0.29, 0.717) is 18.8 Å². The minimum Gasteiger partial charge on any atom is -0.494 e. The predicted molar refractivity (Wildman–Crippen MR) is 103 cm³/mol. The molecule has 0 unspecified atom stereocenters. The molecular formula is C21H23N3O2. The summed E-state index contributed by atoms with van der Waals surface area (Å²) in [7, 11) is 0. The number of rotatable bonds is 8. The van der Waals surface area contributed by atoms with E-state index in [1.807, 2.05) is 19.1 Å². The van der Waals surface area contributed by atoms with Gasteiger partial charge in [-0.25, -0.2) is 0 Å². The lowest BCUT2D eigenvalue weighted by atomic mass is 10.1. The van der Waals surface area contributed by atoms with Crippen molar-refractivity contribution in [3.05, 3.63) is 71.4 Å². The first-order valence-electron chi connectivity index (χ1n) is 8.55. The molecule has 2 rings (SSSR count). The fraction of sp³-hybridized carbons (Fsp3) is 0.238. The fourth-order valence-corrected chi connectivity index (χ4v) is 2.41. The van der Waals surface area contributed by atoms with E-state index in [1.54, 1.807) is 24.3 Å². The summed E-state index contributed by atoms with van der Waals surface area (Å²) in [5.74, 6) is 0.291. The van der Waals surface area contributed by atoms with Gasteiger partial charge in [0.1, 0.15) is 17.4 Å². The normalized spacial score (nSPS) is 10.7. The molecule has 0 saturated heterocycles. The first kappa shape index (κ1) is 19.1. The van der Waals surface area contributed by atoms with Crippen LogP contribution in [0.4, 0.5) is 5.69 Å². The lowest BCUT2D eigenvalue weighted by Crippen LogP contribution is -2.18. The smallest absolute Gasteiger partial charge is 0.267 e. The van der Waals surface area contributed by atoms with Crippen LogP contribution < -0.4 is 15.4 Å². The van der Waals surface area contributed by atoms with Crippen molar-refractivity contribution in [2.45, 2.75) is 20.3 Å². The van der Waals surface area contributed by atoms with Crippen LogP contribution in [0, 0.1) is 18.3 Å². The molecular weight excluding hydrogens is 326 g/mol. The molecule has 0 fully saturated rings. The van der Waals surface area contributed by atoms with Gasteiger partial charge in [0.15, 0.2) is 0 Å². The quantitative estimate of drug-likeness (QED) is 0.434. The molecule has 0 heterocycles. The van der Waals surface area contributed by atoms with E-state index in [9.17, 15) is 10.1 Å². The van der Waals surface area contributed by atoms with Gasteiger partial charge in [0, 0.05) is 18.4 Å². The topological polar surface area (TPSA) is 74.1 Å². The number of carbonyl (C=O) groups is 1. The predicted octanol–water partition coefficient (Wildman–Crippen LogP) is 3.57. The van der Waals surface area contributed by atoms with Crippen LogP contribution in [0.1, 0.15) is 18.1 Å². The number of nitrogens with zero attached hydrogens (tertiary/aromatic N) is 1. The van der Waals surface area contributed by atoms with E-state index < -0.39 is 5.91 Å². The van der Waals surface area contributed by atoms with Crippen LogP contribution in [0.25, 0.3) is 0 Å². The fourth-order valence-electron chi connectivity index (χ4n) is 2.41. The maximum Gasteiger partial charge on any atom is 0.267 e. The number of carbonyl (C=O) groups excluding carboxylic acids is 1. The highest BCUT2D eigenvalue weighted by atomic mass is 16.5. The van der Waals surface area contributed by atoms with Crippen LogP contribution in [0.3, 0.4) is 0 Å². The highest BCUT2D eigenvalue weighted by molar-refractivity contribution is 6.06. The average Bonchev–Trinajstić information content (AvgIpc) is 2.63. The summed E-state index contributed by atoms with van der Waals surface area (Å²) in [6.45, 7) is 5.19. The van der Waals surface area contributed by atoms with Crippen molar-refractivity contribution < 1.29 is 9.53 Å². The zero-order valence-electron chi connectivity index (χ0n) is 15.1. The Hall–Kier alpha value is -3.26. The second kappa shape index (κ2) is 9.90. The summed E-state index contributed by atoms with van der Waals surface area (Å²) >= 11 is 0. The van der Waals surface area contributed by atoms with Gasteiger partial charge in [-0.3, -0.25) is 4.79 Å². The van der Waals surface area contributed by atoms with Gasteiger partial charge in [-0.1, -0.05) is 29.8 Å². The molecule has 1 amide bonds. The first-order chi connectivity index (χ1) is 12.6. The Morgan fingerprint density at radius 2 is 2.00 bits per heavy atom. The molecule has 5 heteroatoms. The third kappa shape index (κ3) is 5.99. The van der Waals surface area contributed by atoms with Crippen molar-refractivity contribution in [3.63, 3.8) is 0 Å².